The number of hydrogen-bond donors (Lipinski definition) is 0. The first-order valence-electron chi connectivity index (χ1n) is 7.93. The van der Waals surface area contributed by atoms with Gasteiger partial charge in [-0.25, -0.2) is 4.98 Å². The lowest BCUT2D eigenvalue weighted by molar-refractivity contribution is 1.31. The van der Waals surface area contributed by atoms with Crippen molar-refractivity contribution in [3.05, 3.63) is 71.8 Å². The van der Waals surface area contributed by atoms with Gasteiger partial charge in [0.25, 0.3) is 0 Å². The van der Waals surface area contributed by atoms with Crippen LogP contribution in [0.1, 0.15) is 11.1 Å². The third-order valence-electron chi connectivity index (χ3n) is 4.86. The molecule has 5 rings (SSSR count). The van der Waals surface area contributed by atoms with Gasteiger partial charge in [0.15, 0.2) is 0 Å². The number of nitrogens with zero attached hydrogens (tertiary/aromatic N) is 2. The van der Waals surface area contributed by atoms with E-state index in [0.717, 1.165) is 11.3 Å². The van der Waals surface area contributed by atoms with Crippen LogP contribution in [0.25, 0.3) is 38.7 Å². The summed E-state index contributed by atoms with van der Waals surface area (Å²) in [5.41, 5.74) is 8.38. The van der Waals surface area contributed by atoms with E-state index in [9.17, 15) is 0 Å². The monoisotopic (exact) mass is 296 g/mol. The first kappa shape index (κ1) is 12.7. The number of hydrogen-bond acceptors (Lipinski definition) is 1. The van der Waals surface area contributed by atoms with Gasteiger partial charge in [-0.1, -0.05) is 36.4 Å². The number of fused-ring (bicyclic) bond motifs is 3. The Hall–Kier alpha value is -2.87. The zero-order valence-corrected chi connectivity index (χ0v) is 13.2. The average Bonchev–Trinajstić information content (AvgIpc) is 3.11. The summed E-state index contributed by atoms with van der Waals surface area (Å²) >= 11 is 0. The number of aryl methyl sites for hydroxylation is 2. The predicted molar refractivity (Wildman–Crippen MR) is 96.3 cm³/mol. The lowest BCUT2D eigenvalue weighted by Gasteiger charge is -2.02. The molecule has 2 aromatic carbocycles. The predicted octanol–water partition coefficient (Wildman–Crippen LogP) is 5.36. The number of benzene rings is 2. The Morgan fingerprint density at radius 2 is 1.52 bits per heavy atom. The molecule has 2 heteroatoms. The molecule has 110 valence electrons. The summed E-state index contributed by atoms with van der Waals surface area (Å²) in [6.07, 6.45) is 0. The van der Waals surface area contributed by atoms with Crippen LogP contribution in [0, 0.1) is 13.8 Å². The summed E-state index contributed by atoms with van der Waals surface area (Å²) in [5.74, 6) is 0. The van der Waals surface area contributed by atoms with Crippen molar-refractivity contribution in [3.8, 4) is 11.3 Å². The highest BCUT2D eigenvalue weighted by Gasteiger charge is 2.18. The van der Waals surface area contributed by atoms with Gasteiger partial charge >= 0.3 is 0 Å². The third kappa shape index (κ3) is 1.61. The molecule has 23 heavy (non-hydrogen) atoms. The molecule has 0 atom stereocenters. The van der Waals surface area contributed by atoms with E-state index >= 15 is 0 Å². The van der Waals surface area contributed by atoms with E-state index in [4.69, 9.17) is 4.98 Å². The lowest BCUT2D eigenvalue weighted by Crippen LogP contribution is -1.82. The topological polar surface area (TPSA) is 17.3 Å². The molecule has 0 aliphatic heterocycles. The molecule has 3 heterocycles. The van der Waals surface area contributed by atoms with E-state index in [1.165, 1.54) is 38.5 Å². The normalized spacial score (nSPS) is 11.9. The summed E-state index contributed by atoms with van der Waals surface area (Å²) in [6.45, 7) is 4.36. The molecule has 0 aliphatic rings. The van der Waals surface area contributed by atoms with Gasteiger partial charge in [-0.05, 0) is 49.2 Å². The Kier molecular flexibility index (Phi) is 2.38. The second kappa shape index (κ2) is 4.32. The number of aromatic nitrogens is 2. The van der Waals surface area contributed by atoms with Gasteiger partial charge in [0.2, 0.25) is 0 Å². The highest BCUT2D eigenvalue weighted by Crippen LogP contribution is 2.37. The van der Waals surface area contributed by atoms with Gasteiger partial charge < -0.3 is 0 Å². The maximum atomic E-state index is 4.91. The van der Waals surface area contributed by atoms with Gasteiger partial charge in [0.05, 0.1) is 16.7 Å². The molecule has 0 bridgehead atoms. The number of pyridine rings is 1. The third-order valence-corrected chi connectivity index (χ3v) is 4.86. The van der Waals surface area contributed by atoms with Crippen molar-refractivity contribution in [1.82, 2.24) is 9.38 Å². The highest BCUT2D eigenvalue weighted by molar-refractivity contribution is 6.14. The van der Waals surface area contributed by atoms with Crippen molar-refractivity contribution >= 4 is 27.5 Å². The van der Waals surface area contributed by atoms with Crippen LogP contribution < -0.4 is 0 Å². The highest BCUT2D eigenvalue weighted by atomic mass is 15.0. The fraction of sp³-hybridized carbons (Fsp3) is 0.0952. The van der Waals surface area contributed by atoms with E-state index in [0.29, 0.717) is 0 Å². The maximum Gasteiger partial charge on any atom is 0.138 e. The molecule has 0 N–H and O–H groups in total. The minimum Gasteiger partial charge on any atom is -0.292 e. The Morgan fingerprint density at radius 1 is 0.783 bits per heavy atom. The Balaban J connectivity index is 2.06. The van der Waals surface area contributed by atoms with Crippen molar-refractivity contribution in [2.75, 3.05) is 0 Å². The van der Waals surface area contributed by atoms with Crippen LogP contribution in [0.2, 0.25) is 0 Å². The second-order valence-corrected chi connectivity index (χ2v) is 6.26. The van der Waals surface area contributed by atoms with E-state index < -0.39 is 0 Å². The van der Waals surface area contributed by atoms with Gasteiger partial charge in [0, 0.05) is 16.3 Å². The Bertz CT molecular complexity index is 1170. The standard InChI is InChI=1S/C21H16N2/c1-13-11-16-17(12-14(13)2)21-20(15-7-4-3-5-8-15)22-19-10-6-9-18(16)23(19)21/h3-12H,1-2H3. The quantitative estimate of drug-likeness (QED) is 0.407. The van der Waals surface area contributed by atoms with E-state index in [-0.39, 0.29) is 0 Å². The Labute approximate surface area is 134 Å². The molecule has 0 amide bonds. The van der Waals surface area contributed by atoms with Crippen molar-refractivity contribution in [2.45, 2.75) is 13.8 Å². The summed E-state index contributed by atoms with van der Waals surface area (Å²) in [4.78, 5) is 4.91. The van der Waals surface area contributed by atoms with Gasteiger partial charge in [-0.2, -0.15) is 0 Å². The van der Waals surface area contributed by atoms with Crippen molar-refractivity contribution < 1.29 is 0 Å². The second-order valence-electron chi connectivity index (χ2n) is 6.26. The van der Waals surface area contributed by atoms with Crippen molar-refractivity contribution in [3.63, 3.8) is 0 Å². The SMILES string of the molecule is Cc1cc2c(cc1C)c1c(-c3ccccc3)nc3cccc2n31. The molecule has 0 radical (unpaired) electrons. The van der Waals surface area contributed by atoms with Crippen LogP contribution in [0.5, 0.6) is 0 Å². The van der Waals surface area contributed by atoms with Crippen LogP contribution in [0.15, 0.2) is 60.7 Å². The fourth-order valence-electron chi connectivity index (χ4n) is 3.57. The zero-order chi connectivity index (χ0) is 15.6. The zero-order valence-electron chi connectivity index (χ0n) is 13.2. The number of imidazole rings is 1. The molecule has 0 aliphatic carbocycles. The molecule has 2 nitrogen and oxygen atoms in total. The molecule has 3 aromatic heterocycles. The Morgan fingerprint density at radius 3 is 2.30 bits per heavy atom. The average molecular weight is 296 g/mol. The minimum atomic E-state index is 1.02. The largest absolute Gasteiger partial charge is 0.292 e. The minimum absolute atomic E-state index is 1.02. The molecule has 0 saturated carbocycles. The molecular weight excluding hydrogens is 280 g/mol. The maximum absolute atomic E-state index is 4.91. The molecule has 0 spiro atoms. The van der Waals surface area contributed by atoms with Gasteiger partial charge in [-0.15, -0.1) is 0 Å². The summed E-state index contributed by atoms with van der Waals surface area (Å²) in [5, 5.41) is 2.61. The van der Waals surface area contributed by atoms with Crippen LogP contribution >= 0.6 is 0 Å². The van der Waals surface area contributed by atoms with Crippen LogP contribution in [0.3, 0.4) is 0 Å². The molecule has 0 saturated heterocycles. The summed E-state index contributed by atoms with van der Waals surface area (Å²) in [6, 6.07) is 21.5. The van der Waals surface area contributed by atoms with Gasteiger partial charge in [0.1, 0.15) is 5.65 Å². The first-order valence-corrected chi connectivity index (χ1v) is 7.93. The smallest absolute Gasteiger partial charge is 0.138 e. The molecule has 0 fully saturated rings. The summed E-state index contributed by atoms with van der Waals surface area (Å²) in [7, 11) is 0. The molecule has 5 aromatic rings. The van der Waals surface area contributed by atoms with Gasteiger partial charge in [-0.3, -0.25) is 4.40 Å². The summed E-state index contributed by atoms with van der Waals surface area (Å²) < 4.78 is 2.30. The fourth-order valence-corrected chi connectivity index (χ4v) is 3.57. The van der Waals surface area contributed by atoms with E-state index in [1.54, 1.807) is 0 Å². The molecule has 0 unspecified atom stereocenters. The van der Waals surface area contributed by atoms with Crippen LogP contribution in [-0.2, 0) is 0 Å². The molecular formula is C21H16N2. The van der Waals surface area contributed by atoms with Crippen molar-refractivity contribution in [2.24, 2.45) is 0 Å². The van der Waals surface area contributed by atoms with E-state index in [1.807, 2.05) is 6.07 Å². The van der Waals surface area contributed by atoms with Crippen molar-refractivity contribution in [1.29, 1.82) is 0 Å². The van der Waals surface area contributed by atoms with Crippen LogP contribution in [0.4, 0.5) is 0 Å². The first-order chi connectivity index (χ1) is 11.2. The number of rotatable bonds is 1. The van der Waals surface area contributed by atoms with Crippen LogP contribution in [-0.4, -0.2) is 9.38 Å². The lowest BCUT2D eigenvalue weighted by atomic mass is 10.0. The van der Waals surface area contributed by atoms with E-state index in [2.05, 4.69) is 72.8 Å².